The minimum atomic E-state index is -0.106. The molecule has 1 heterocycles. The fourth-order valence-electron chi connectivity index (χ4n) is 1.74. The van der Waals surface area contributed by atoms with Crippen LogP contribution in [0.3, 0.4) is 0 Å². The first kappa shape index (κ1) is 12.5. The Hall–Kier alpha value is -1.95. The van der Waals surface area contributed by atoms with Crippen LogP contribution in [-0.2, 0) is 13.5 Å². The molecule has 0 bridgehead atoms. The van der Waals surface area contributed by atoms with Gasteiger partial charge >= 0.3 is 0 Å². The second kappa shape index (κ2) is 5.14. The molecule has 96 valence electrons. The van der Waals surface area contributed by atoms with Crippen molar-refractivity contribution >= 4 is 5.69 Å². The molecule has 2 aromatic rings. The highest BCUT2D eigenvalue weighted by Gasteiger charge is 2.10. The van der Waals surface area contributed by atoms with E-state index in [4.69, 9.17) is 5.73 Å². The van der Waals surface area contributed by atoms with E-state index in [1.807, 2.05) is 26.2 Å². The van der Waals surface area contributed by atoms with E-state index in [9.17, 15) is 0 Å². The summed E-state index contributed by atoms with van der Waals surface area (Å²) >= 11 is 0. The van der Waals surface area contributed by atoms with Gasteiger partial charge < -0.3 is 10.6 Å². The van der Waals surface area contributed by atoms with E-state index >= 15 is 0 Å². The summed E-state index contributed by atoms with van der Waals surface area (Å²) in [4.78, 5) is 3.50. The van der Waals surface area contributed by atoms with E-state index in [-0.39, 0.29) is 6.04 Å². The van der Waals surface area contributed by atoms with Gasteiger partial charge in [0.2, 0.25) is 0 Å². The van der Waals surface area contributed by atoms with Crippen LogP contribution in [-0.4, -0.2) is 34.3 Å². The summed E-state index contributed by atoms with van der Waals surface area (Å²) in [6.07, 6.45) is 0.592. The zero-order valence-corrected chi connectivity index (χ0v) is 10.9. The predicted octanol–water partition coefficient (Wildman–Crippen LogP) is 0.519. The highest BCUT2D eigenvalue weighted by atomic mass is 15.6. The van der Waals surface area contributed by atoms with Gasteiger partial charge in [0.15, 0.2) is 5.82 Å². The van der Waals surface area contributed by atoms with Crippen LogP contribution in [0.15, 0.2) is 24.3 Å². The Labute approximate surface area is 106 Å². The largest absolute Gasteiger partial charge is 0.378 e. The lowest BCUT2D eigenvalue weighted by Gasteiger charge is -2.14. The molecule has 2 N–H and O–H groups in total. The zero-order valence-electron chi connectivity index (χ0n) is 10.9. The van der Waals surface area contributed by atoms with Crippen LogP contribution in [0.5, 0.6) is 0 Å². The quantitative estimate of drug-likeness (QED) is 0.851. The lowest BCUT2D eigenvalue weighted by Crippen LogP contribution is -2.15. The maximum absolute atomic E-state index is 6.13. The minimum absolute atomic E-state index is 0.106. The van der Waals surface area contributed by atoms with Gasteiger partial charge in [0, 0.05) is 32.2 Å². The normalized spacial score (nSPS) is 12.4. The summed E-state index contributed by atoms with van der Waals surface area (Å²) in [7, 11) is 5.77. The molecule has 0 aliphatic carbocycles. The Morgan fingerprint density at radius 2 is 1.94 bits per heavy atom. The predicted molar refractivity (Wildman–Crippen MR) is 70.2 cm³/mol. The lowest BCUT2D eigenvalue weighted by atomic mass is 10.0. The molecule has 1 aromatic heterocycles. The van der Waals surface area contributed by atoms with E-state index in [0.29, 0.717) is 12.2 Å². The fourth-order valence-corrected chi connectivity index (χ4v) is 1.74. The van der Waals surface area contributed by atoms with E-state index < -0.39 is 0 Å². The third-order valence-electron chi connectivity index (χ3n) is 2.79. The molecule has 6 heteroatoms. The number of rotatable bonds is 4. The summed E-state index contributed by atoms with van der Waals surface area (Å²) in [5, 5.41) is 11.9. The molecule has 0 spiro atoms. The third-order valence-corrected chi connectivity index (χ3v) is 2.79. The first-order chi connectivity index (χ1) is 8.56. The highest BCUT2D eigenvalue weighted by molar-refractivity contribution is 5.46. The molecule has 0 aliphatic heterocycles. The van der Waals surface area contributed by atoms with E-state index in [1.165, 1.54) is 4.80 Å². The summed E-state index contributed by atoms with van der Waals surface area (Å²) in [6, 6.07) is 8.08. The van der Waals surface area contributed by atoms with Gasteiger partial charge in [0.05, 0.1) is 7.05 Å². The number of hydrogen-bond acceptors (Lipinski definition) is 5. The van der Waals surface area contributed by atoms with Crippen molar-refractivity contribution in [1.29, 1.82) is 0 Å². The fraction of sp³-hybridized carbons (Fsp3) is 0.417. The van der Waals surface area contributed by atoms with E-state index in [0.717, 1.165) is 11.3 Å². The zero-order chi connectivity index (χ0) is 13.1. The summed E-state index contributed by atoms with van der Waals surface area (Å²) in [5.41, 5.74) is 8.36. The third kappa shape index (κ3) is 2.84. The molecule has 0 aliphatic rings. The van der Waals surface area contributed by atoms with Gasteiger partial charge in [0.25, 0.3) is 0 Å². The summed E-state index contributed by atoms with van der Waals surface area (Å²) in [6.45, 7) is 0. The molecule has 1 unspecified atom stereocenters. The number of anilines is 1. The van der Waals surface area contributed by atoms with E-state index in [2.05, 4.69) is 32.4 Å². The molecule has 0 amide bonds. The van der Waals surface area contributed by atoms with Gasteiger partial charge in [-0.2, -0.15) is 4.80 Å². The van der Waals surface area contributed by atoms with Gasteiger partial charge in [0.1, 0.15) is 0 Å². The van der Waals surface area contributed by atoms with Gasteiger partial charge in [-0.25, -0.2) is 0 Å². The molecule has 18 heavy (non-hydrogen) atoms. The number of aromatic nitrogens is 4. The van der Waals surface area contributed by atoms with Crippen LogP contribution in [0.25, 0.3) is 0 Å². The molecular formula is C12H18N6. The summed E-state index contributed by atoms with van der Waals surface area (Å²) in [5.74, 6) is 0.668. The molecule has 0 saturated heterocycles. The van der Waals surface area contributed by atoms with E-state index in [1.54, 1.807) is 7.05 Å². The average Bonchev–Trinajstić information content (AvgIpc) is 2.75. The SMILES string of the molecule is CN(C)c1ccc(C(N)Cc2nnn(C)n2)cc1. The highest BCUT2D eigenvalue weighted by Crippen LogP contribution is 2.18. The Balaban J connectivity index is 2.06. The number of aryl methyl sites for hydroxylation is 1. The first-order valence-corrected chi connectivity index (χ1v) is 5.82. The van der Waals surface area contributed by atoms with Gasteiger partial charge in [-0.1, -0.05) is 12.1 Å². The number of nitrogens with zero attached hydrogens (tertiary/aromatic N) is 5. The molecule has 0 saturated carbocycles. The van der Waals surface area contributed by atoms with Crippen molar-refractivity contribution < 1.29 is 0 Å². The lowest BCUT2D eigenvalue weighted by molar-refractivity contribution is 0.622. The smallest absolute Gasteiger partial charge is 0.176 e. The van der Waals surface area contributed by atoms with Crippen LogP contribution in [0.4, 0.5) is 5.69 Å². The molecule has 6 nitrogen and oxygen atoms in total. The Morgan fingerprint density at radius 3 is 2.44 bits per heavy atom. The number of tetrazole rings is 1. The van der Waals surface area contributed by atoms with Crippen LogP contribution in [0.2, 0.25) is 0 Å². The molecule has 0 radical (unpaired) electrons. The van der Waals surface area contributed by atoms with Crippen LogP contribution in [0, 0.1) is 0 Å². The standard InChI is InChI=1S/C12H18N6/c1-17(2)10-6-4-9(5-7-10)11(13)8-12-14-16-18(3)15-12/h4-7,11H,8,13H2,1-3H3. The number of hydrogen-bond donors (Lipinski definition) is 1. The molecule has 2 rings (SSSR count). The van der Waals surface area contributed by atoms with Gasteiger partial charge in [-0.3, -0.25) is 0 Å². The molecular weight excluding hydrogens is 228 g/mol. The molecule has 0 fully saturated rings. The number of benzene rings is 1. The monoisotopic (exact) mass is 246 g/mol. The van der Waals surface area contributed by atoms with Crippen molar-refractivity contribution in [2.75, 3.05) is 19.0 Å². The van der Waals surface area contributed by atoms with Crippen molar-refractivity contribution in [1.82, 2.24) is 20.2 Å². The topological polar surface area (TPSA) is 72.9 Å². The van der Waals surface area contributed by atoms with Crippen LogP contribution >= 0.6 is 0 Å². The minimum Gasteiger partial charge on any atom is -0.378 e. The first-order valence-electron chi connectivity index (χ1n) is 5.82. The average molecular weight is 246 g/mol. The van der Waals surface area contributed by atoms with Crippen molar-refractivity contribution in [3.05, 3.63) is 35.7 Å². The maximum atomic E-state index is 6.13. The van der Waals surface area contributed by atoms with Gasteiger partial charge in [-0.05, 0) is 22.9 Å². The Kier molecular flexibility index (Phi) is 3.57. The second-order valence-electron chi connectivity index (χ2n) is 4.49. The van der Waals surface area contributed by atoms with Gasteiger partial charge in [-0.15, -0.1) is 10.2 Å². The Morgan fingerprint density at radius 1 is 1.28 bits per heavy atom. The van der Waals surface area contributed by atoms with Crippen molar-refractivity contribution in [3.63, 3.8) is 0 Å². The second-order valence-corrected chi connectivity index (χ2v) is 4.49. The van der Waals surface area contributed by atoms with Crippen LogP contribution in [0.1, 0.15) is 17.4 Å². The number of nitrogens with two attached hydrogens (primary N) is 1. The van der Waals surface area contributed by atoms with Crippen molar-refractivity contribution in [2.45, 2.75) is 12.5 Å². The summed E-state index contributed by atoms with van der Waals surface area (Å²) < 4.78 is 0. The Bertz CT molecular complexity index is 502. The molecule has 1 atom stereocenters. The van der Waals surface area contributed by atoms with Crippen molar-refractivity contribution in [3.8, 4) is 0 Å². The molecule has 1 aromatic carbocycles. The van der Waals surface area contributed by atoms with Crippen molar-refractivity contribution in [2.24, 2.45) is 12.8 Å². The van der Waals surface area contributed by atoms with Crippen LogP contribution < -0.4 is 10.6 Å². The maximum Gasteiger partial charge on any atom is 0.176 e.